The number of nitrogens with one attached hydrogen (secondary N) is 3. The van der Waals surface area contributed by atoms with Gasteiger partial charge in [-0.25, -0.2) is 9.37 Å². The van der Waals surface area contributed by atoms with E-state index >= 15 is 0 Å². The van der Waals surface area contributed by atoms with Crippen molar-refractivity contribution in [3.63, 3.8) is 0 Å². The van der Waals surface area contributed by atoms with Gasteiger partial charge in [0.1, 0.15) is 10.8 Å². The lowest BCUT2D eigenvalue weighted by atomic mass is 10.1. The van der Waals surface area contributed by atoms with E-state index in [-0.39, 0.29) is 29.8 Å². The summed E-state index contributed by atoms with van der Waals surface area (Å²) in [5.74, 6) is 0.499. The molecule has 156 valence electrons. The molecule has 0 amide bonds. The highest BCUT2D eigenvalue weighted by Crippen LogP contribution is 2.21. The third kappa shape index (κ3) is 5.37. The second-order valence-corrected chi connectivity index (χ2v) is 7.54. The lowest BCUT2D eigenvalue weighted by Crippen LogP contribution is -2.37. The topological polar surface area (TPSA) is 65.1 Å². The number of aliphatic imine (C=N–C) groups is 1. The number of H-pyrrole nitrogens is 1. The maximum absolute atomic E-state index is 13.3. The smallest absolute Gasteiger partial charge is 0.191 e. The zero-order valence-corrected chi connectivity index (χ0v) is 19.6. The van der Waals surface area contributed by atoms with Crippen molar-refractivity contribution in [2.45, 2.75) is 13.0 Å². The van der Waals surface area contributed by atoms with E-state index in [4.69, 9.17) is 0 Å². The first kappa shape index (κ1) is 22.2. The fourth-order valence-electron chi connectivity index (χ4n) is 3.19. The molecule has 0 saturated heterocycles. The highest BCUT2D eigenvalue weighted by molar-refractivity contribution is 14.0. The van der Waals surface area contributed by atoms with Crippen molar-refractivity contribution in [3.05, 3.63) is 76.5 Å². The first-order chi connectivity index (χ1) is 14.2. The van der Waals surface area contributed by atoms with E-state index in [1.54, 1.807) is 18.4 Å². The maximum atomic E-state index is 13.3. The van der Waals surface area contributed by atoms with Crippen LogP contribution in [-0.4, -0.2) is 29.5 Å². The van der Waals surface area contributed by atoms with Gasteiger partial charge < -0.3 is 15.6 Å². The predicted octanol–water partition coefficient (Wildman–Crippen LogP) is 4.96. The van der Waals surface area contributed by atoms with E-state index in [2.05, 4.69) is 43.1 Å². The van der Waals surface area contributed by atoms with Crippen molar-refractivity contribution < 1.29 is 4.39 Å². The molecule has 0 aliphatic heterocycles. The van der Waals surface area contributed by atoms with Crippen LogP contribution >= 0.6 is 35.3 Å². The van der Waals surface area contributed by atoms with E-state index < -0.39 is 0 Å². The predicted molar refractivity (Wildman–Crippen MR) is 133 cm³/mol. The van der Waals surface area contributed by atoms with Crippen LogP contribution in [0.1, 0.15) is 10.6 Å². The number of halogens is 2. The summed E-state index contributed by atoms with van der Waals surface area (Å²) in [7, 11) is 1.75. The Labute approximate surface area is 195 Å². The summed E-state index contributed by atoms with van der Waals surface area (Å²) in [6, 6.07) is 15.0. The molecule has 0 saturated carbocycles. The minimum atomic E-state index is -0.230. The Morgan fingerprint density at radius 2 is 2.00 bits per heavy atom. The van der Waals surface area contributed by atoms with Crippen molar-refractivity contribution in [1.82, 2.24) is 20.6 Å². The number of aromatic amines is 1. The van der Waals surface area contributed by atoms with Crippen LogP contribution < -0.4 is 10.6 Å². The molecule has 0 bridgehead atoms. The Bertz CT molecular complexity index is 1120. The number of thiazole rings is 1. The quantitative estimate of drug-likeness (QED) is 0.186. The van der Waals surface area contributed by atoms with E-state index in [9.17, 15) is 4.39 Å². The Balaban J connectivity index is 0.00000256. The van der Waals surface area contributed by atoms with Crippen molar-refractivity contribution >= 4 is 52.2 Å². The van der Waals surface area contributed by atoms with E-state index in [0.29, 0.717) is 6.54 Å². The zero-order chi connectivity index (χ0) is 20.1. The van der Waals surface area contributed by atoms with Crippen LogP contribution in [-0.2, 0) is 13.0 Å². The lowest BCUT2D eigenvalue weighted by Gasteiger charge is -2.10. The van der Waals surface area contributed by atoms with Crippen LogP contribution in [0.4, 0.5) is 4.39 Å². The summed E-state index contributed by atoms with van der Waals surface area (Å²) in [6.07, 6.45) is 2.74. The summed E-state index contributed by atoms with van der Waals surface area (Å²) in [5, 5.41) is 10.8. The first-order valence-corrected chi connectivity index (χ1v) is 10.3. The molecule has 3 N–H and O–H groups in total. The van der Waals surface area contributed by atoms with Gasteiger partial charge in [0.15, 0.2) is 5.96 Å². The molecule has 0 radical (unpaired) electrons. The molecule has 0 spiro atoms. The monoisotopic (exact) mass is 535 g/mol. The van der Waals surface area contributed by atoms with Gasteiger partial charge in [0, 0.05) is 41.6 Å². The van der Waals surface area contributed by atoms with Gasteiger partial charge in [0.25, 0.3) is 0 Å². The van der Waals surface area contributed by atoms with Gasteiger partial charge >= 0.3 is 0 Å². The molecule has 0 aliphatic carbocycles. The van der Waals surface area contributed by atoms with Gasteiger partial charge in [-0.1, -0.05) is 30.3 Å². The molecule has 5 nitrogen and oxygen atoms in total. The molecule has 8 heteroatoms. The van der Waals surface area contributed by atoms with Crippen LogP contribution in [0.3, 0.4) is 0 Å². The average Bonchev–Trinajstić information content (AvgIpc) is 3.38. The second-order valence-electron chi connectivity index (χ2n) is 6.60. The molecule has 0 fully saturated rings. The number of guanidine groups is 1. The number of fused-ring (bicyclic) bond motifs is 1. The molecule has 0 atom stereocenters. The van der Waals surface area contributed by atoms with Crippen molar-refractivity contribution in [3.8, 4) is 11.3 Å². The number of hydrogen-bond acceptors (Lipinski definition) is 3. The SMILES string of the molecule is CN=C(NCCc1c[nH]c2cc(F)ccc12)NCc1nc(-c2ccccc2)cs1.I. The van der Waals surface area contributed by atoms with E-state index in [0.717, 1.165) is 51.7 Å². The van der Waals surface area contributed by atoms with Gasteiger partial charge in [0.05, 0.1) is 12.2 Å². The van der Waals surface area contributed by atoms with E-state index in [1.165, 1.54) is 12.1 Å². The number of aromatic nitrogens is 2. The van der Waals surface area contributed by atoms with Crippen LogP contribution in [0.15, 0.2) is 65.1 Å². The number of hydrogen-bond donors (Lipinski definition) is 3. The van der Waals surface area contributed by atoms with Crippen LogP contribution in [0, 0.1) is 5.82 Å². The third-order valence-corrected chi connectivity index (χ3v) is 5.52. The van der Waals surface area contributed by atoms with Crippen LogP contribution in [0.2, 0.25) is 0 Å². The lowest BCUT2D eigenvalue weighted by molar-refractivity contribution is 0.629. The molecular weight excluding hydrogens is 512 g/mol. The summed E-state index contributed by atoms with van der Waals surface area (Å²) < 4.78 is 13.3. The second kappa shape index (κ2) is 10.5. The normalized spacial score (nSPS) is 11.3. The van der Waals surface area contributed by atoms with Gasteiger partial charge in [-0.2, -0.15) is 0 Å². The largest absolute Gasteiger partial charge is 0.361 e. The summed E-state index contributed by atoms with van der Waals surface area (Å²) in [4.78, 5) is 12.1. The fraction of sp³-hybridized carbons (Fsp3) is 0.182. The maximum Gasteiger partial charge on any atom is 0.191 e. The van der Waals surface area contributed by atoms with Crippen LogP contribution in [0.25, 0.3) is 22.2 Å². The molecule has 0 aliphatic rings. The van der Waals surface area contributed by atoms with Gasteiger partial charge in [-0.05, 0) is 30.2 Å². The first-order valence-electron chi connectivity index (χ1n) is 9.43. The Morgan fingerprint density at radius 1 is 1.17 bits per heavy atom. The van der Waals surface area contributed by atoms with Gasteiger partial charge in [0.2, 0.25) is 0 Å². The molecule has 30 heavy (non-hydrogen) atoms. The average molecular weight is 535 g/mol. The third-order valence-electron chi connectivity index (χ3n) is 4.67. The molecule has 2 aromatic heterocycles. The van der Waals surface area contributed by atoms with Gasteiger partial charge in [-0.15, -0.1) is 35.3 Å². The minimum Gasteiger partial charge on any atom is -0.361 e. The number of rotatable bonds is 6. The fourth-order valence-corrected chi connectivity index (χ4v) is 3.94. The van der Waals surface area contributed by atoms with E-state index in [1.807, 2.05) is 30.5 Å². The molecule has 4 rings (SSSR count). The Morgan fingerprint density at radius 3 is 2.80 bits per heavy atom. The van der Waals surface area contributed by atoms with Gasteiger partial charge in [-0.3, -0.25) is 4.99 Å². The number of benzene rings is 2. The number of nitrogens with zero attached hydrogens (tertiary/aromatic N) is 2. The van der Waals surface area contributed by atoms with Crippen molar-refractivity contribution in [2.24, 2.45) is 4.99 Å². The molecule has 4 aromatic rings. The van der Waals surface area contributed by atoms with Crippen molar-refractivity contribution in [2.75, 3.05) is 13.6 Å². The van der Waals surface area contributed by atoms with Crippen molar-refractivity contribution in [1.29, 1.82) is 0 Å². The molecule has 2 heterocycles. The summed E-state index contributed by atoms with van der Waals surface area (Å²) >= 11 is 1.63. The molecule has 0 unspecified atom stereocenters. The Hall–Kier alpha value is -2.46. The standard InChI is InChI=1S/C22H22FN5S.HI/c1-24-22(25-10-9-16-12-26-19-11-17(23)7-8-18(16)19)27-13-21-28-20(14-29-21)15-5-3-2-4-6-15;/h2-8,11-12,14,26H,9-10,13H2,1H3,(H2,24,25,27);1H. The van der Waals surface area contributed by atoms with Crippen LogP contribution in [0.5, 0.6) is 0 Å². The summed E-state index contributed by atoms with van der Waals surface area (Å²) in [6.45, 7) is 1.33. The summed E-state index contributed by atoms with van der Waals surface area (Å²) in [5.41, 5.74) is 4.08. The highest BCUT2D eigenvalue weighted by atomic mass is 127. The Kier molecular flexibility index (Phi) is 7.81. The molecular formula is C22H23FIN5S. The highest BCUT2D eigenvalue weighted by Gasteiger charge is 2.07. The molecule has 2 aromatic carbocycles. The minimum absolute atomic E-state index is 0. The zero-order valence-electron chi connectivity index (χ0n) is 16.5.